The van der Waals surface area contributed by atoms with E-state index < -0.39 is 6.10 Å². The Morgan fingerprint density at radius 2 is 1.89 bits per heavy atom. The highest BCUT2D eigenvalue weighted by atomic mass is 32.1. The lowest BCUT2D eigenvalue weighted by atomic mass is 10.0. The van der Waals surface area contributed by atoms with E-state index >= 15 is 0 Å². The Labute approximate surface area is 114 Å². The number of nitrogens with zero attached hydrogens (tertiary/aromatic N) is 1. The van der Waals surface area contributed by atoms with Crippen molar-refractivity contribution in [3.8, 4) is 10.6 Å². The first-order chi connectivity index (χ1) is 9.16. The SMILES string of the molecule is CC(O)c1csc(-c2ccc(F)c3ccccc23)n1. The second-order valence-corrected chi connectivity index (χ2v) is 5.25. The third-order valence-electron chi connectivity index (χ3n) is 3.05. The average molecular weight is 273 g/mol. The van der Waals surface area contributed by atoms with Crippen LogP contribution in [0.25, 0.3) is 21.3 Å². The van der Waals surface area contributed by atoms with Gasteiger partial charge in [0.05, 0.1) is 11.8 Å². The summed E-state index contributed by atoms with van der Waals surface area (Å²) in [6.45, 7) is 1.68. The Bertz CT molecular complexity index is 736. The van der Waals surface area contributed by atoms with Crippen LogP contribution in [-0.4, -0.2) is 10.1 Å². The Hall–Kier alpha value is -1.78. The lowest BCUT2D eigenvalue weighted by Crippen LogP contribution is -1.91. The van der Waals surface area contributed by atoms with Crippen molar-refractivity contribution in [2.75, 3.05) is 0 Å². The van der Waals surface area contributed by atoms with Crippen molar-refractivity contribution in [2.24, 2.45) is 0 Å². The van der Waals surface area contributed by atoms with E-state index in [0.717, 1.165) is 16.0 Å². The van der Waals surface area contributed by atoms with Gasteiger partial charge in [-0.05, 0) is 24.4 Å². The van der Waals surface area contributed by atoms with Gasteiger partial charge in [0, 0.05) is 16.3 Å². The molecule has 1 atom stereocenters. The molecule has 3 rings (SSSR count). The largest absolute Gasteiger partial charge is 0.387 e. The second-order valence-electron chi connectivity index (χ2n) is 4.39. The molecule has 0 aliphatic rings. The van der Waals surface area contributed by atoms with Gasteiger partial charge in [-0.25, -0.2) is 9.37 Å². The molecule has 0 bridgehead atoms. The minimum atomic E-state index is -0.586. The standard InChI is InChI=1S/C15H12FNOS/c1-9(18)14-8-19-15(17-14)12-6-7-13(16)11-5-3-2-4-10(11)12/h2-9,18H,1H3. The summed E-state index contributed by atoms with van der Waals surface area (Å²) in [5.74, 6) is -0.230. The van der Waals surface area contributed by atoms with E-state index in [1.807, 2.05) is 23.6 Å². The van der Waals surface area contributed by atoms with E-state index in [-0.39, 0.29) is 5.82 Å². The summed E-state index contributed by atoms with van der Waals surface area (Å²) in [4.78, 5) is 4.41. The van der Waals surface area contributed by atoms with Crippen molar-refractivity contribution in [3.05, 3.63) is 53.3 Å². The van der Waals surface area contributed by atoms with Gasteiger partial charge in [-0.3, -0.25) is 0 Å². The Kier molecular flexibility index (Phi) is 3.05. The van der Waals surface area contributed by atoms with E-state index in [4.69, 9.17) is 0 Å². The van der Waals surface area contributed by atoms with Gasteiger partial charge in [0.2, 0.25) is 0 Å². The molecule has 0 saturated heterocycles. The number of rotatable bonds is 2. The molecule has 0 radical (unpaired) electrons. The van der Waals surface area contributed by atoms with Crippen molar-refractivity contribution >= 4 is 22.1 Å². The molecule has 0 fully saturated rings. The predicted molar refractivity (Wildman–Crippen MR) is 75.6 cm³/mol. The van der Waals surface area contributed by atoms with Crippen molar-refractivity contribution in [3.63, 3.8) is 0 Å². The van der Waals surface area contributed by atoms with Crippen LogP contribution in [0.15, 0.2) is 41.8 Å². The minimum Gasteiger partial charge on any atom is -0.387 e. The first-order valence-corrected chi connectivity index (χ1v) is 6.86. The second kappa shape index (κ2) is 4.72. The molecule has 1 N–H and O–H groups in total. The molecule has 1 heterocycles. The third kappa shape index (κ3) is 2.13. The van der Waals surface area contributed by atoms with E-state index in [0.29, 0.717) is 11.1 Å². The lowest BCUT2D eigenvalue weighted by Gasteiger charge is -2.05. The smallest absolute Gasteiger partial charge is 0.131 e. The molecule has 1 aromatic heterocycles. The number of aromatic nitrogens is 1. The first-order valence-electron chi connectivity index (χ1n) is 5.98. The molecule has 0 aliphatic heterocycles. The highest BCUT2D eigenvalue weighted by molar-refractivity contribution is 7.13. The van der Waals surface area contributed by atoms with Crippen molar-refractivity contribution in [2.45, 2.75) is 13.0 Å². The number of hydrogen-bond acceptors (Lipinski definition) is 3. The highest BCUT2D eigenvalue weighted by Gasteiger charge is 2.12. The molecule has 0 aliphatic carbocycles. The monoisotopic (exact) mass is 273 g/mol. The van der Waals surface area contributed by atoms with Crippen LogP contribution in [0.3, 0.4) is 0 Å². The minimum absolute atomic E-state index is 0.230. The molecule has 0 amide bonds. The van der Waals surface area contributed by atoms with Gasteiger partial charge in [-0.2, -0.15) is 0 Å². The maximum Gasteiger partial charge on any atom is 0.131 e. The van der Waals surface area contributed by atoms with Gasteiger partial charge < -0.3 is 5.11 Å². The summed E-state index contributed by atoms with van der Waals surface area (Å²) in [5, 5.41) is 13.6. The normalized spacial score (nSPS) is 12.8. The fourth-order valence-electron chi connectivity index (χ4n) is 2.05. The maximum atomic E-state index is 13.8. The molecule has 1 unspecified atom stereocenters. The van der Waals surface area contributed by atoms with Gasteiger partial charge in [0.15, 0.2) is 0 Å². The zero-order valence-corrected chi connectivity index (χ0v) is 11.1. The van der Waals surface area contributed by atoms with Crippen LogP contribution < -0.4 is 0 Å². The summed E-state index contributed by atoms with van der Waals surface area (Å²) in [7, 11) is 0. The van der Waals surface area contributed by atoms with Crippen molar-refractivity contribution in [1.82, 2.24) is 4.98 Å². The van der Waals surface area contributed by atoms with Gasteiger partial charge in [0.1, 0.15) is 10.8 Å². The fourth-order valence-corrected chi connectivity index (χ4v) is 3.00. The lowest BCUT2D eigenvalue weighted by molar-refractivity contribution is 0.195. The summed E-state index contributed by atoms with van der Waals surface area (Å²) in [5.41, 5.74) is 1.54. The summed E-state index contributed by atoms with van der Waals surface area (Å²) < 4.78 is 13.8. The molecule has 2 aromatic carbocycles. The summed E-state index contributed by atoms with van der Waals surface area (Å²) in [6.07, 6.45) is -0.586. The van der Waals surface area contributed by atoms with Gasteiger partial charge >= 0.3 is 0 Å². The quantitative estimate of drug-likeness (QED) is 0.760. The van der Waals surface area contributed by atoms with Crippen LogP contribution in [-0.2, 0) is 0 Å². The molecule has 96 valence electrons. The number of halogens is 1. The number of thiazole rings is 1. The van der Waals surface area contributed by atoms with Crippen LogP contribution in [0, 0.1) is 5.82 Å². The zero-order valence-electron chi connectivity index (χ0n) is 10.3. The number of fused-ring (bicyclic) bond motifs is 1. The highest BCUT2D eigenvalue weighted by Crippen LogP contribution is 2.33. The predicted octanol–water partition coefficient (Wildman–Crippen LogP) is 4.16. The van der Waals surface area contributed by atoms with Crippen molar-refractivity contribution in [1.29, 1.82) is 0 Å². The van der Waals surface area contributed by atoms with Crippen molar-refractivity contribution < 1.29 is 9.50 Å². The molecule has 0 saturated carbocycles. The molecule has 4 heteroatoms. The van der Waals surface area contributed by atoms with Crippen LogP contribution >= 0.6 is 11.3 Å². The topological polar surface area (TPSA) is 33.1 Å². The van der Waals surface area contributed by atoms with Gasteiger partial charge in [-0.1, -0.05) is 24.3 Å². The van der Waals surface area contributed by atoms with Crippen LogP contribution in [0.4, 0.5) is 4.39 Å². The summed E-state index contributed by atoms with van der Waals surface area (Å²) in [6, 6.07) is 10.5. The Morgan fingerprint density at radius 3 is 2.58 bits per heavy atom. The zero-order chi connectivity index (χ0) is 13.4. The molecule has 19 heavy (non-hydrogen) atoms. The van der Waals surface area contributed by atoms with Gasteiger partial charge in [-0.15, -0.1) is 11.3 Å². The number of benzene rings is 2. The molecule has 2 nitrogen and oxygen atoms in total. The fraction of sp³-hybridized carbons (Fsp3) is 0.133. The Balaban J connectivity index is 2.22. The average Bonchev–Trinajstić information content (AvgIpc) is 2.89. The van der Waals surface area contributed by atoms with Crippen LogP contribution in [0.5, 0.6) is 0 Å². The van der Waals surface area contributed by atoms with Crippen LogP contribution in [0.2, 0.25) is 0 Å². The first kappa shape index (κ1) is 12.3. The molecule has 0 spiro atoms. The number of aliphatic hydroxyl groups excluding tert-OH is 1. The summed E-state index contributed by atoms with van der Waals surface area (Å²) >= 11 is 1.46. The van der Waals surface area contributed by atoms with E-state index in [1.54, 1.807) is 19.1 Å². The molecule has 3 aromatic rings. The van der Waals surface area contributed by atoms with E-state index in [1.165, 1.54) is 17.4 Å². The third-order valence-corrected chi connectivity index (χ3v) is 3.95. The van der Waals surface area contributed by atoms with E-state index in [2.05, 4.69) is 4.98 Å². The van der Waals surface area contributed by atoms with Gasteiger partial charge in [0.25, 0.3) is 0 Å². The maximum absolute atomic E-state index is 13.8. The number of aliphatic hydroxyl groups is 1. The van der Waals surface area contributed by atoms with Crippen LogP contribution in [0.1, 0.15) is 18.7 Å². The molecular weight excluding hydrogens is 261 g/mol. The Morgan fingerprint density at radius 1 is 1.16 bits per heavy atom. The number of hydrogen-bond donors (Lipinski definition) is 1. The molecular formula is C15H12FNOS. The van der Waals surface area contributed by atoms with E-state index in [9.17, 15) is 9.50 Å².